The van der Waals surface area contributed by atoms with Gasteiger partial charge in [-0.2, -0.15) is 0 Å². The maximum absolute atomic E-state index is 3.77. The highest BCUT2D eigenvalue weighted by molar-refractivity contribution is 4.94. The van der Waals surface area contributed by atoms with Gasteiger partial charge in [0.05, 0.1) is 0 Å². The highest BCUT2D eigenvalue weighted by Crippen LogP contribution is 2.37. The van der Waals surface area contributed by atoms with E-state index in [1.165, 1.54) is 38.6 Å². The lowest BCUT2D eigenvalue weighted by molar-refractivity contribution is 0.130. The average molecular weight is 238 g/mol. The number of hydrogen-bond donors (Lipinski definition) is 1. The molecule has 0 aromatic heterocycles. The predicted molar refractivity (Wildman–Crippen MR) is 74.2 cm³/mol. The summed E-state index contributed by atoms with van der Waals surface area (Å²) in [5.74, 6) is 1.73. The van der Waals surface area contributed by atoms with Crippen LogP contribution in [-0.4, -0.2) is 36.6 Å². The van der Waals surface area contributed by atoms with Crippen molar-refractivity contribution in [3.05, 3.63) is 0 Å². The molecule has 0 aromatic carbocycles. The van der Waals surface area contributed by atoms with Crippen LogP contribution in [0.4, 0.5) is 0 Å². The monoisotopic (exact) mass is 238 g/mol. The number of nitrogens with one attached hydrogen (secondary N) is 1. The van der Waals surface area contributed by atoms with Crippen molar-refractivity contribution in [3.63, 3.8) is 0 Å². The van der Waals surface area contributed by atoms with Gasteiger partial charge in [-0.3, -0.25) is 0 Å². The van der Waals surface area contributed by atoms with Crippen LogP contribution in [0.25, 0.3) is 0 Å². The summed E-state index contributed by atoms with van der Waals surface area (Å²) in [5, 5.41) is 3.77. The van der Waals surface area contributed by atoms with Gasteiger partial charge in [0.25, 0.3) is 0 Å². The van der Waals surface area contributed by atoms with Crippen LogP contribution < -0.4 is 5.32 Å². The third-order valence-electron chi connectivity index (χ3n) is 5.42. The van der Waals surface area contributed by atoms with Gasteiger partial charge in [-0.05, 0) is 58.0 Å². The van der Waals surface area contributed by atoms with Crippen molar-refractivity contribution in [2.45, 2.75) is 71.0 Å². The van der Waals surface area contributed by atoms with Crippen LogP contribution in [0.1, 0.15) is 52.9 Å². The lowest BCUT2D eigenvalue weighted by Gasteiger charge is -2.37. The Bertz CT molecular complexity index is 227. The minimum Gasteiger partial charge on any atom is -0.314 e. The van der Waals surface area contributed by atoms with E-state index >= 15 is 0 Å². The molecular weight excluding hydrogens is 208 g/mol. The van der Waals surface area contributed by atoms with Crippen LogP contribution in [-0.2, 0) is 0 Å². The molecule has 0 amide bonds. The molecule has 0 aliphatic carbocycles. The summed E-state index contributed by atoms with van der Waals surface area (Å²) in [5.41, 5.74) is 0. The van der Waals surface area contributed by atoms with Gasteiger partial charge in [0.1, 0.15) is 0 Å². The van der Waals surface area contributed by atoms with Crippen LogP contribution in [0.2, 0.25) is 0 Å². The molecule has 0 spiro atoms. The Morgan fingerprint density at radius 2 is 1.76 bits per heavy atom. The lowest BCUT2D eigenvalue weighted by atomic mass is 9.90. The van der Waals surface area contributed by atoms with Crippen molar-refractivity contribution in [1.82, 2.24) is 10.2 Å². The van der Waals surface area contributed by atoms with Gasteiger partial charge in [-0.1, -0.05) is 20.3 Å². The number of hydrogen-bond acceptors (Lipinski definition) is 2. The molecule has 2 bridgehead atoms. The summed E-state index contributed by atoms with van der Waals surface area (Å²) in [6, 6.07) is 2.45. The number of piperidine rings is 1. The molecule has 0 radical (unpaired) electrons. The molecular formula is C15H30N2. The van der Waals surface area contributed by atoms with E-state index in [4.69, 9.17) is 0 Å². The molecule has 0 aromatic rings. The van der Waals surface area contributed by atoms with Gasteiger partial charge in [0.2, 0.25) is 0 Å². The van der Waals surface area contributed by atoms with Crippen LogP contribution in [0.3, 0.4) is 0 Å². The summed E-state index contributed by atoms with van der Waals surface area (Å²) in [6.07, 6.45) is 7.02. The van der Waals surface area contributed by atoms with Crippen LogP contribution in [0, 0.1) is 11.8 Å². The van der Waals surface area contributed by atoms with Crippen LogP contribution in [0.5, 0.6) is 0 Å². The second kappa shape index (κ2) is 5.71. The maximum atomic E-state index is 3.77. The molecule has 2 aliphatic heterocycles. The minimum atomic E-state index is 0.678. The molecule has 2 nitrogen and oxygen atoms in total. The summed E-state index contributed by atoms with van der Waals surface area (Å²) >= 11 is 0. The Balaban J connectivity index is 1.74. The van der Waals surface area contributed by atoms with Crippen molar-refractivity contribution in [2.75, 3.05) is 13.6 Å². The van der Waals surface area contributed by atoms with E-state index in [1.54, 1.807) is 0 Å². The molecule has 4 atom stereocenters. The fourth-order valence-corrected chi connectivity index (χ4v) is 3.60. The van der Waals surface area contributed by atoms with Crippen molar-refractivity contribution >= 4 is 0 Å². The maximum Gasteiger partial charge on any atom is 0.00988 e. The Morgan fingerprint density at radius 1 is 1.18 bits per heavy atom. The van der Waals surface area contributed by atoms with Crippen molar-refractivity contribution in [1.29, 1.82) is 0 Å². The molecule has 4 unspecified atom stereocenters. The minimum absolute atomic E-state index is 0.678. The molecule has 2 heterocycles. The van der Waals surface area contributed by atoms with Crippen molar-refractivity contribution in [3.8, 4) is 0 Å². The molecule has 0 saturated carbocycles. The summed E-state index contributed by atoms with van der Waals surface area (Å²) in [4.78, 5) is 2.63. The van der Waals surface area contributed by atoms with Gasteiger partial charge in [-0.15, -0.1) is 0 Å². The van der Waals surface area contributed by atoms with Crippen molar-refractivity contribution in [2.24, 2.45) is 11.8 Å². The molecule has 2 aliphatic rings. The van der Waals surface area contributed by atoms with Crippen LogP contribution in [0.15, 0.2) is 0 Å². The molecule has 2 fully saturated rings. The Morgan fingerprint density at radius 3 is 2.29 bits per heavy atom. The third kappa shape index (κ3) is 3.03. The highest BCUT2D eigenvalue weighted by Gasteiger charge is 2.38. The van der Waals surface area contributed by atoms with E-state index in [0.717, 1.165) is 23.9 Å². The molecule has 2 rings (SSSR count). The summed E-state index contributed by atoms with van der Waals surface area (Å²) in [7, 11) is 2.33. The molecule has 2 heteroatoms. The first kappa shape index (κ1) is 13.4. The van der Waals surface area contributed by atoms with Gasteiger partial charge in [-0.25, -0.2) is 0 Å². The first-order valence-electron chi connectivity index (χ1n) is 7.57. The molecule has 100 valence electrons. The Labute approximate surface area is 107 Å². The quantitative estimate of drug-likeness (QED) is 0.792. The third-order valence-corrected chi connectivity index (χ3v) is 5.42. The van der Waals surface area contributed by atoms with Gasteiger partial charge >= 0.3 is 0 Å². The van der Waals surface area contributed by atoms with E-state index in [2.05, 4.69) is 38.0 Å². The first-order chi connectivity index (χ1) is 8.11. The molecule has 17 heavy (non-hydrogen) atoms. The summed E-state index contributed by atoms with van der Waals surface area (Å²) < 4.78 is 0. The predicted octanol–water partition coefficient (Wildman–Crippen LogP) is 2.88. The van der Waals surface area contributed by atoms with Crippen LogP contribution >= 0.6 is 0 Å². The zero-order valence-corrected chi connectivity index (χ0v) is 12.1. The van der Waals surface area contributed by atoms with Gasteiger partial charge in [0, 0.05) is 18.1 Å². The summed E-state index contributed by atoms with van der Waals surface area (Å²) in [6.45, 7) is 8.23. The SMILES string of the molecule is CCC(C)C(C)NCC1CC2CCC(C1)N2C. The zero-order valence-electron chi connectivity index (χ0n) is 12.1. The van der Waals surface area contributed by atoms with Gasteiger partial charge in [0.15, 0.2) is 0 Å². The van der Waals surface area contributed by atoms with Crippen molar-refractivity contribution < 1.29 is 0 Å². The Kier molecular flexibility index (Phi) is 4.48. The average Bonchev–Trinajstić information content (AvgIpc) is 2.57. The largest absolute Gasteiger partial charge is 0.314 e. The van der Waals surface area contributed by atoms with E-state index < -0.39 is 0 Å². The standard InChI is InChI=1S/C15H30N2/c1-5-11(2)12(3)16-10-13-8-14-6-7-15(9-13)17(14)4/h11-16H,5-10H2,1-4H3. The number of nitrogens with zero attached hydrogens (tertiary/aromatic N) is 1. The van der Waals surface area contributed by atoms with E-state index in [0.29, 0.717) is 6.04 Å². The smallest absolute Gasteiger partial charge is 0.00988 e. The van der Waals surface area contributed by atoms with E-state index in [1.807, 2.05) is 0 Å². The van der Waals surface area contributed by atoms with Gasteiger partial charge < -0.3 is 10.2 Å². The highest BCUT2D eigenvalue weighted by atomic mass is 15.2. The number of fused-ring (bicyclic) bond motifs is 2. The lowest BCUT2D eigenvalue weighted by Crippen LogP contribution is -2.44. The van der Waals surface area contributed by atoms with E-state index in [-0.39, 0.29) is 0 Å². The fraction of sp³-hybridized carbons (Fsp3) is 1.00. The molecule has 2 saturated heterocycles. The zero-order chi connectivity index (χ0) is 12.4. The molecule has 1 N–H and O–H groups in total. The van der Waals surface area contributed by atoms with E-state index in [9.17, 15) is 0 Å². The number of rotatable bonds is 5. The fourth-order valence-electron chi connectivity index (χ4n) is 3.60. The topological polar surface area (TPSA) is 15.3 Å². The second-order valence-electron chi connectivity index (χ2n) is 6.47. The first-order valence-corrected chi connectivity index (χ1v) is 7.57. The Hall–Kier alpha value is -0.0800. The normalized spacial score (nSPS) is 37.1. The second-order valence-corrected chi connectivity index (χ2v) is 6.47.